The van der Waals surface area contributed by atoms with Crippen LogP contribution in [0.1, 0.15) is 49.3 Å². The molecule has 0 bridgehead atoms. The second kappa shape index (κ2) is 5.29. The van der Waals surface area contributed by atoms with Gasteiger partial charge >= 0.3 is 0 Å². The minimum Gasteiger partial charge on any atom is -0.324 e. The predicted octanol–water partition coefficient (Wildman–Crippen LogP) is 3.28. The largest absolute Gasteiger partial charge is 0.324 e. The van der Waals surface area contributed by atoms with E-state index < -0.39 is 5.82 Å². The summed E-state index contributed by atoms with van der Waals surface area (Å²) in [4.78, 5) is 0. The summed E-state index contributed by atoms with van der Waals surface area (Å²) in [7, 11) is 0. The number of rotatable bonds is 2. The van der Waals surface area contributed by atoms with Crippen molar-refractivity contribution < 1.29 is 4.39 Å². The number of nitrogens with two attached hydrogens (primary N) is 1. The van der Waals surface area contributed by atoms with Crippen molar-refractivity contribution in [2.75, 3.05) is 0 Å². The van der Waals surface area contributed by atoms with Crippen molar-refractivity contribution in [2.24, 2.45) is 11.7 Å². The molecule has 1 atom stereocenters. The SMILES string of the molecule is N#Cc1cc([C@@H](N)C2CCCCC2)ccc1F. The summed E-state index contributed by atoms with van der Waals surface area (Å²) in [5, 5.41) is 8.80. The van der Waals surface area contributed by atoms with E-state index in [1.807, 2.05) is 6.07 Å². The molecule has 1 saturated carbocycles. The molecule has 0 spiro atoms. The lowest BCUT2D eigenvalue weighted by Gasteiger charge is -2.27. The summed E-state index contributed by atoms with van der Waals surface area (Å²) in [5.41, 5.74) is 7.19. The molecule has 1 fully saturated rings. The Morgan fingerprint density at radius 3 is 2.65 bits per heavy atom. The van der Waals surface area contributed by atoms with Crippen LogP contribution in [-0.2, 0) is 0 Å². The minimum absolute atomic E-state index is 0.0667. The van der Waals surface area contributed by atoms with Gasteiger partial charge in [0.15, 0.2) is 0 Å². The fourth-order valence-electron chi connectivity index (χ4n) is 2.60. The molecular formula is C14H17FN2. The molecule has 17 heavy (non-hydrogen) atoms. The van der Waals surface area contributed by atoms with Gasteiger partial charge < -0.3 is 5.73 Å². The summed E-state index contributed by atoms with van der Waals surface area (Å²) < 4.78 is 13.2. The van der Waals surface area contributed by atoms with Crippen LogP contribution in [0.15, 0.2) is 18.2 Å². The number of hydrogen-bond donors (Lipinski definition) is 1. The van der Waals surface area contributed by atoms with E-state index in [0.717, 1.165) is 18.4 Å². The lowest BCUT2D eigenvalue weighted by Crippen LogP contribution is -2.23. The maximum Gasteiger partial charge on any atom is 0.140 e. The second-order valence-corrected chi connectivity index (χ2v) is 4.77. The molecule has 2 nitrogen and oxygen atoms in total. The van der Waals surface area contributed by atoms with Crippen LogP contribution in [0.4, 0.5) is 4.39 Å². The average molecular weight is 232 g/mol. The van der Waals surface area contributed by atoms with Gasteiger partial charge in [0.2, 0.25) is 0 Å². The van der Waals surface area contributed by atoms with Gasteiger partial charge in [0.1, 0.15) is 11.9 Å². The zero-order valence-corrected chi connectivity index (χ0v) is 9.82. The Morgan fingerprint density at radius 1 is 1.29 bits per heavy atom. The highest BCUT2D eigenvalue weighted by atomic mass is 19.1. The number of hydrogen-bond acceptors (Lipinski definition) is 2. The highest BCUT2D eigenvalue weighted by molar-refractivity contribution is 5.35. The first-order valence-electron chi connectivity index (χ1n) is 6.17. The first-order valence-corrected chi connectivity index (χ1v) is 6.17. The van der Waals surface area contributed by atoms with Crippen molar-refractivity contribution in [3.63, 3.8) is 0 Å². The van der Waals surface area contributed by atoms with Crippen LogP contribution in [0.5, 0.6) is 0 Å². The third-order valence-corrected chi connectivity index (χ3v) is 3.65. The quantitative estimate of drug-likeness (QED) is 0.850. The Labute approximate surface area is 101 Å². The fourth-order valence-corrected chi connectivity index (χ4v) is 2.60. The highest BCUT2D eigenvalue weighted by Crippen LogP contribution is 2.33. The average Bonchev–Trinajstić information content (AvgIpc) is 2.39. The Morgan fingerprint density at radius 2 is 2.00 bits per heavy atom. The van der Waals surface area contributed by atoms with Crippen LogP contribution in [0, 0.1) is 23.1 Å². The molecule has 1 aliphatic rings. The number of nitriles is 1. The predicted molar refractivity (Wildman–Crippen MR) is 64.6 cm³/mol. The molecule has 0 aliphatic heterocycles. The van der Waals surface area contributed by atoms with E-state index in [9.17, 15) is 4.39 Å². The third-order valence-electron chi connectivity index (χ3n) is 3.65. The van der Waals surface area contributed by atoms with Gasteiger partial charge in [0, 0.05) is 6.04 Å². The molecule has 0 aromatic heterocycles. The molecule has 1 aromatic rings. The maximum absolute atomic E-state index is 13.2. The van der Waals surface area contributed by atoms with Crippen molar-refractivity contribution in [1.82, 2.24) is 0 Å². The van der Waals surface area contributed by atoms with E-state index in [-0.39, 0.29) is 11.6 Å². The van der Waals surface area contributed by atoms with E-state index in [4.69, 9.17) is 11.0 Å². The zero-order valence-electron chi connectivity index (χ0n) is 9.82. The lowest BCUT2D eigenvalue weighted by atomic mass is 9.81. The molecular weight excluding hydrogens is 215 g/mol. The van der Waals surface area contributed by atoms with Crippen molar-refractivity contribution >= 4 is 0 Å². The Hall–Kier alpha value is -1.40. The molecule has 1 aliphatic carbocycles. The van der Waals surface area contributed by atoms with Gasteiger partial charge in [-0.15, -0.1) is 0 Å². The van der Waals surface area contributed by atoms with Crippen LogP contribution in [0.2, 0.25) is 0 Å². The van der Waals surface area contributed by atoms with E-state index in [1.165, 1.54) is 25.3 Å². The monoisotopic (exact) mass is 232 g/mol. The Balaban J connectivity index is 2.18. The first kappa shape index (κ1) is 12.1. The molecule has 0 saturated heterocycles. The zero-order chi connectivity index (χ0) is 12.3. The summed E-state index contributed by atoms with van der Waals surface area (Å²) >= 11 is 0. The smallest absolute Gasteiger partial charge is 0.140 e. The van der Waals surface area contributed by atoms with Crippen molar-refractivity contribution in [1.29, 1.82) is 5.26 Å². The highest BCUT2D eigenvalue weighted by Gasteiger charge is 2.22. The van der Waals surface area contributed by atoms with Crippen molar-refractivity contribution in [2.45, 2.75) is 38.1 Å². The summed E-state index contributed by atoms with van der Waals surface area (Å²) in [6.07, 6.45) is 6.02. The number of halogens is 1. The molecule has 90 valence electrons. The fraction of sp³-hybridized carbons (Fsp3) is 0.500. The molecule has 2 rings (SSSR count). The van der Waals surface area contributed by atoms with Crippen LogP contribution < -0.4 is 5.73 Å². The van der Waals surface area contributed by atoms with Crippen molar-refractivity contribution in [3.05, 3.63) is 35.1 Å². The van der Waals surface area contributed by atoms with E-state index in [2.05, 4.69) is 0 Å². The first-order chi connectivity index (χ1) is 8.22. The van der Waals surface area contributed by atoms with E-state index in [1.54, 1.807) is 12.1 Å². The van der Waals surface area contributed by atoms with E-state index >= 15 is 0 Å². The topological polar surface area (TPSA) is 49.8 Å². The van der Waals surface area contributed by atoms with Crippen LogP contribution in [-0.4, -0.2) is 0 Å². The van der Waals surface area contributed by atoms with Crippen LogP contribution >= 0.6 is 0 Å². The Kier molecular flexibility index (Phi) is 3.75. The van der Waals surface area contributed by atoms with Gasteiger partial charge in [-0.1, -0.05) is 25.3 Å². The molecule has 0 amide bonds. The third kappa shape index (κ3) is 2.65. The molecule has 0 heterocycles. The lowest BCUT2D eigenvalue weighted by molar-refractivity contribution is 0.308. The maximum atomic E-state index is 13.2. The minimum atomic E-state index is -0.466. The van der Waals surface area contributed by atoms with Crippen molar-refractivity contribution in [3.8, 4) is 6.07 Å². The van der Waals surface area contributed by atoms with Gasteiger partial charge in [-0.3, -0.25) is 0 Å². The van der Waals surface area contributed by atoms with Crippen LogP contribution in [0.25, 0.3) is 0 Å². The van der Waals surface area contributed by atoms with Gasteiger partial charge in [-0.25, -0.2) is 4.39 Å². The molecule has 2 N–H and O–H groups in total. The van der Waals surface area contributed by atoms with Gasteiger partial charge in [0.05, 0.1) is 5.56 Å². The van der Waals surface area contributed by atoms with E-state index in [0.29, 0.717) is 5.92 Å². The molecule has 3 heteroatoms. The molecule has 0 unspecified atom stereocenters. The molecule has 0 radical (unpaired) electrons. The van der Waals surface area contributed by atoms with Gasteiger partial charge in [0.25, 0.3) is 0 Å². The normalized spacial score (nSPS) is 18.6. The summed E-state index contributed by atoms with van der Waals surface area (Å²) in [6.45, 7) is 0. The number of nitrogens with zero attached hydrogens (tertiary/aromatic N) is 1. The summed E-state index contributed by atoms with van der Waals surface area (Å²) in [6, 6.07) is 6.44. The van der Waals surface area contributed by atoms with Gasteiger partial charge in [-0.05, 0) is 36.5 Å². The number of benzene rings is 1. The standard InChI is InChI=1S/C14H17FN2/c15-13-7-6-11(8-12(13)9-16)14(17)10-4-2-1-3-5-10/h6-8,10,14H,1-5,17H2/t14-/m0/s1. The van der Waals surface area contributed by atoms with Crippen LogP contribution in [0.3, 0.4) is 0 Å². The molecule has 1 aromatic carbocycles. The summed E-state index contributed by atoms with van der Waals surface area (Å²) in [5.74, 6) is 0.00727. The Bertz CT molecular complexity index is 430. The van der Waals surface area contributed by atoms with Gasteiger partial charge in [-0.2, -0.15) is 5.26 Å². The second-order valence-electron chi connectivity index (χ2n) is 4.77.